The number of anilines is 1. The van der Waals surface area contributed by atoms with Crippen LogP contribution in [0.4, 0.5) is 5.69 Å². The van der Waals surface area contributed by atoms with Gasteiger partial charge in [0.25, 0.3) is 5.91 Å². The van der Waals surface area contributed by atoms with Crippen LogP contribution in [0.25, 0.3) is 0 Å². The molecular formula is C18H21ClN2O3S2. The smallest absolute Gasteiger partial charge is 0.255 e. The maximum Gasteiger partial charge on any atom is 0.255 e. The SMILES string of the molecule is CCN(CC)S(=O)(=O)c1cc(C(=O)Nc2cccc(SC)c2)ccc1Cl. The lowest BCUT2D eigenvalue weighted by molar-refractivity contribution is 0.102. The molecule has 8 heteroatoms. The Hall–Kier alpha value is -1.54. The lowest BCUT2D eigenvalue weighted by Crippen LogP contribution is -2.31. The van der Waals surface area contributed by atoms with Crippen molar-refractivity contribution in [1.29, 1.82) is 0 Å². The monoisotopic (exact) mass is 412 g/mol. The fourth-order valence-electron chi connectivity index (χ4n) is 2.45. The van der Waals surface area contributed by atoms with Crippen molar-refractivity contribution < 1.29 is 13.2 Å². The summed E-state index contributed by atoms with van der Waals surface area (Å²) in [5.74, 6) is -0.393. The topological polar surface area (TPSA) is 66.5 Å². The summed E-state index contributed by atoms with van der Waals surface area (Å²) in [6.07, 6.45) is 1.95. The van der Waals surface area contributed by atoms with Gasteiger partial charge in [0.1, 0.15) is 4.90 Å². The molecule has 2 rings (SSSR count). The highest BCUT2D eigenvalue weighted by atomic mass is 35.5. The summed E-state index contributed by atoms with van der Waals surface area (Å²) in [7, 11) is -3.75. The summed E-state index contributed by atoms with van der Waals surface area (Å²) >= 11 is 7.67. The fourth-order valence-corrected chi connectivity index (χ4v) is 4.87. The largest absolute Gasteiger partial charge is 0.322 e. The number of rotatable bonds is 7. The molecule has 0 spiro atoms. The molecule has 0 aliphatic heterocycles. The second kappa shape index (κ2) is 8.90. The summed E-state index contributed by atoms with van der Waals surface area (Å²) in [5.41, 5.74) is 0.875. The normalized spacial score (nSPS) is 11.6. The quantitative estimate of drug-likeness (QED) is 0.686. The maximum absolute atomic E-state index is 12.7. The third kappa shape index (κ3) is 4.59. The molecule has 1 N–H and O–H groups in total. The van der Waals surface area contributed by atoms with E-state index in [-0.39, 0.29) is 15.5 Å². The zero-order valence-electron chi connectivity index (χ0n) is 14.8. The van der Waals surface area contributed by atoms with Crippen molar-refractivity contribution in [1.82, 2.24) is 4.31 Å². The van der Waals surface area contributed by atoms with Crippen molar-refractivity contribution in [3.63, 3.8) is 0 Å². The van der Waals surface area contributed by atoms with Gasteiger partial charge < -0.3 is 5.32 Å². The third-order valence-electron chi connectivity index (χ3n) is 3.84. The van der Waals surface area contributed by atoms with Gasteiger partial charge in [0, 0.05) is 29.2 Å². The van der Waals surface area contributed by atoms with Crippen molar-refractivity contribution in [3.8, 4) is 0 Å². The standard InChI is InChI=1S/C18H21ClN2O3S2/c1-4-21(5-2)26(23,24)17-11-13(9-10-16(17)19)18(22)20-14-7-6-8-15(12-14)25-3/h6-12H,4-5H2,1-3H3,(H,20,22). The van der Waals surface area contributed by atoms with Gasteiger partial charge in [-0.3, -0.25) is 4.79 Å². The molecule has 2 aromatic rings. The van der Waals surface area contributed by atoms with Gasteiger partial charge >= 0.3 is 0 Å². The van der Waals surface area contributed by atoms with E-state index in [9.17, 15) is 13.2 Å². The molecule has 140 valence electrons. The van der Waals surface area contributed by atoms with Crippen molar-refractivity contribution in [3.05, 3.63) is 53.1 Å². The number of amides is 1. The van der Waals surface area contributed by atoms with Gasteiger partial charge in [-0.2, -0.15) is 4.31 Å². The number of carbonyl (C=O) groups excluding carboxylic acids is 1. The van der Waals surface area contributed by atoms with Crippen LogP contribution >= 0.6 is 23.4 Å². The summed E-state index contributed by atoms with van der Waals surface area (Å²) in [6.45, 7) is 4.16. The summed E-state index contributed by atoms with van der Waals surface area (Å²) in [4.78, 5) is 13.5. The molecule has 0 atom stereocenters. The first kappa shape index (κ1) is 20.8. The van der Waals surface area contributed by atoms with Crippen molar-refractivity contribution in [2.45, 2.75) is 23.6 Å². The Morgan fingerprint density at radius 3 is 2.46 bits per heavy atom. The molecular weight excluding hydrogens is 392 g/mol. The van der Waals surface area contributed by atoms with Crippen LogP contribution in [0, 0.1) is 0 Å². The van der Waals surface area contributed by atoms with Crippen LogP contribution in [-0.2, 0) is 10.0 Å². The molecule has 0 aliphatic carbocycles. The number of hydrogen-bond acceptors (Lipinski definition) is 4. The van der Waals surface area contributed by atoms with Gasteiger partial charge in [-0.05, 0) is 42.7 Å². The van der Waals surface area contributed by atoms with Gasteiger partial charge in [0.05, 0.1) is 5.02 Å². The molecule has 0 aromatic heterocycles. The van der Waals surface area contributed by atoms with E-state index in [1.165, 1.54) is 22.5 Å². The number of hydrogen-bond donors (Lipinski definition) is 1. The van der Waals surface area contributed by atoms with E-state index in [4.69, 9.17) is 11.6 Å². The number of nitrogens with one attached hydrogen (secondary N) is 1. The second-order valence-corrected chi connectivity index (χ2v) is 8.61. The van der Waals surface area contributed by atoms with E-state index >= 15 is 0 Å². The minimum atomic E-state index is -3.75. The van der Waals surface area contributed by atoms with Gasteiger partial charge in [0.2, 0.25) is 10.0 Å². The highest BCUT2D eigenvalue weighted by Crippen LogP contribution is 2.26. The van der Waals surface area contributed by atoms with Crippen LogP contribution in [-0.4, -0.2) is 38.0 Å². The van der Waals surface area contributed by atoms with Gasteiger partial charge in [-0.25, -0.2) is 8.42 Å². The Labute approximate surface area is 163 Å². The summed E-state index contributed by atoms with van der Waals surface area (Å²) < 4.78 is 26.8. The molecule has 0 bridgehead atoms. The van der Waals surface area contributed by atoms with Crippen molar-refractivity contribution >= 4 is 45.0 Å². The number of halogens is 1. The highest BCUT2D eigenvalue weighted by molar-refractivity contribution is 7.98. The molecule has 0 aliphatic rings. The van der Waals surface area contributed by atoms with Crippen molar-refractivity contribution in [2.24, 2.45) is 0 Å². The first-order valence-corrected chi connectivity index (χ1v) is 11.1. The first-order chi connectivity index (χ1) is 12.3. The third-order valence-corrected chi connectivity index (χ3v) is 7.10. The molecule has 2 aromatic carbocycles. The predicted molar refractivity (Wildman–Crippen MR) is 108 cm³/mol. The van der Waals surface area contributed by atoms with Crippen LogP contribution in [0.5, 0.6) is 0 Å². The zero-order chi connectivity index (χ0) is 19.3. The number of sulfonamides is 1. The van der Waals surface area contributed by atoms with E-state index < -0.39 is 15.9 Å². The maximum atomic E-state index is 12.7. The van der Waals surface area contributed by atoms with Crippen LogP contribution in [0.2, 0.25) is 5.02 Å². The Bertz CT molecular complexity index is 897. The molecule has 0 radical (unpaired) electrons. The lowest BCUT2D eigenvalue weighted by atomic mass is 10.2. The molecule has 0 saturated heterocycles. The Kier molecular flexibility index (Phi) is 7.11. The number of carbonyl (C=O) groups is 1. The lowest BCUT2D eigenvalue weighted by Gasteiger charge is -2.19. The minimum absolute atomic E-state index is 0.0617. The van der Waals surface area contributed by atoms with Crippen LogP contribution < -0.4 is 5.32 Å². The molecule has 1 amide bonds. The Morgan fingerprint density at radius 2 is 1.85 bits per heavy atom. The molecule has 0 heterocycles. The number of thioether (sulfide) groups is 1. The van der Waals surface area contributed by atoms with Crippen molar-refractivity contribution in [2.75, 3.05) is 24.7 Å². The Balaban J connectivity index is 2.35. The minimum Gasteiger partial charge on any atom is -0.322 e. The van der Waals surface area contributed by atoms with E-state index in [2.05, 4.69) is 5.32 Å². The van der Waals surface area contributed by atoms with Gasteiger partial charge in [-0.1, -0.05) is 31.5 Å². The van der Waals surface area contributed by atoms with Gasteiger partial charge in [0.15, 0.2) is 0 Å². The average molecular weight is 413 g/mol. The van der Waals surface area contributed by atoms with E-state index in [1.54, 1.807) is 31.7 Å². The van der Waals surface area contributed by atoms with Crippen LogP contribution in [0.15, 0.2) is 52.3 Å². The van der Waals surface area contributed by atoms with Gasteiger partial charge in [-0.15, -0.1) is 11.8 Å². The first-order valence-electron chi connectivity index (χ1n) is 8.08. The number of benzene rings is 2. The summed E-state index contributed by atoms with van der Waals surface area (Å²) in [6, 6.07) is 11.7. The van der Waals surface area contributed by atoms with E-state index in [1.807, 2.05) is 24.5 Å². The molecule has 5 nitrogen and oxygen atoms in total. The zero-order valence-corrected chi connectivity index (χ0v) is 17.2. The van der Waals surface area contributed by atoms with E-state index in [0.717, 1.165) is 4.90 Å². The van der Waals surface area contributed by atoms with Crippen LogP contribution in [0.3, 0.4) is 0 Å². The predicted octanol–water partition coefficient (Wildman–Crippen LogP) is 4.34. The Morgan fingerprint density at radius 1 is 1.15 bits per heavy atom. The molecule has 26 heavy (non-hydrogen) atoms. The second-order valence-electron chi connectivity index (χ2n) is 5.42. The fraction of sp³-hybridized carbons (Fsp3) is 0.278. The summed E-state index contributed by atoms with van der Waals surface area (Å²) in [5, 5.41) is 2.88. The average Bonchev–Trinajstić information content (AvgIpc) is 2.62. The highest BCUT2D eigenvalue weighted by Gasteiger charge is 2.25. The van der Waals surface area contributed by atoms with Crippen LogP contribution in [0.1, 0.15) is 24.2 Å². The van der Waals surface area contributed by atoms with E-state index in [0.29, 0.717) is 18.8 Å². The molecule has 0 saturated carbocycles. The number of nitrogens with zero attached hydrogens (tertiary/aromatic N) is 1. The molecule has 0 fully saturated rings. The molecule has 0 unspecified atom stereocenters.